The van der Waals surface area contributed by atoms with E-state index in [0.717, 1.165) is 22.1 Å². The Morgan fingerprint density at radius 2 is 1.83 bits per heavy atom. The number of ether oxygens (including phenoxy) is 1. The Hall–Kier alpha value is -3.93. The Labute approximate surface area is 173 Å². The average Bonchev–Trinajstić information content (AvgIpc) is 2.78. The van der Waals surface area contributed by atoms with Crippen molar-refractivity contribution >= 4 is 16.9 Å². The Bertz CT molecular complexity index is 1220. The smallest absolute Gasteiger partial charge is 0.336 e. The maximum absolute atomic E-state index is 12.4. The van der Waals surface area contributed by atoms with E-state index in [1.165, 1.54) is 6.07 Å². The van der Waals surface area contributed by atoms with Gasteiger partial charge >= 0.3 is 5.63 Å². The maximum Gasteiger partial charge on any atom is 0.336 e. The summed E-state index contributed by atoms with van der Waals surface area (Å²) < 4.78 is 11.1. The van der Waals surface area contributed by atoms with Crippen LogP contribution in [0.25, 0.3) is 22.1 Å². The topological polar surface area (TPSA) is 81.4 Å². The lowest BCUT2D eigenvalue weighted by Gasteiger charge is -2.15. The molecule has 30 heavy (non-hydrogen) atoms. The number of carbonyl (C=O) groups excluding carboxylic acids is 1. The summed E-state index contributed by atoms with van der Waals surface area (Å²) in [6.07, 6.45) is 2.63. The summed E-state index contributed by atoms with van der Waals surface area (Å²) in [5, 5.41) is 3.63. The second-order valence-electron chi connectivity index (χ2n) is 6.84. The molecule has 1 amide bonds. The maximum atomic E-state index is 12.4. The second kappa shape index (κ2) is 8.61. The standard InChI is InChI=1S/C24H20N2O4/c1-16(24(28)26-15-17-9-11-25-12-10-17)29-19-7-8-20-21(18-5-3-2-4-6-18)14-23(27)30-22(20)13-19/h2-14,16H,15H2,1H3,(H,26,28)/t16-/m1/s1. The van der Waals surface area contributed by atoms with Crippen LogP contribution in [0.3, 0.4) is 0 Å². The van der Waals surface area contributed by atoms with Crippen LogP contribution >= 0.6 is 0 Å². The van der Waals surface area contributed by atoms with Crippen LogP contribution in [0.5, 0.6) is 5.75 Å². The minimum Gasteiger partial charge on any atom is -0.481 e. The Morgan fingerprint density at radius 3 is 2.60 bits per heavy atom. The van der Waals surface area contributed by atoms with Gasteiger partial charge in [0.05, 0.1) is 0 Å². The van der Waals surface area contributed by atoms with Gasteiger partial charge in [0.15, 0.2) is 6.10 Å². The molecule has 0 unspecified atom stereocenters. The molecule has 1 atom stereocenters. The van der Waals surface area contributed by atoms with E-state index < -0.39 is 11.7 Å². The normalized spacial score (nSPS) is 11.8. The first kappa shape index (κ1) is 19.4. The Kier molecular flexibility index (Phi) is 5.57. The van der Waals surface area contributed by atoms with Gasteiger partial charge in [0.25, 0.3) is 5.91 Å². The van der Waals surface area contributed by atoms with Gasteiger partial charge < -0.3 is 14.5 Å². The molecule has 6 nitrogen and oxygen atoms in total. The van der Waals surface area contributed by atoms with E-state index in [1.807, 2.05) is 48.5 Å². The molecular weight excluding hydrogens is 380 g/mol. The van der Waals surface area contributed by atoms with Crippen molar-refractivity contribution < 1.29 is 13.9 Å². The first-order chi connectivity index (χ1) is 14.6. The van der Waals surface area contributed by atoms with E-state index >= 15 is 0 Å². The van der Waals surface area contributed by atoms with Crippen LogP contribution in [-0.4, -0.2) is 17.0 Å². The number of carbonyl (C=O) groups is 1. The number of amides is 1. The molecule has 2 aromatic carbocycles. The quantitative estimate of drug-likeness (QED) is 0.496. The number of aromatic nitrogens is 1. The molecule has 1 N–H and O–H groups in total. The molecule has 0 aliphatic rings. The zero-order chi connectivity index (χ0) is 20.9. The van der Waals surface area contributed by atoms with Crippen LogP contribution in [0.1, 0.15) is 12.5 Å². The van der Waals surface area contributed by atoms with Crippen molar-refractivity contribution in [3.8, 4) is 16.9 Å². The predicted octanol–water partition coefficient (Wildman–Crippen LogP) is 3.94. The van der Waals surface area contributed by atoms with Crippen molar-refractivity contribution in [1.82, 2.24) is 10.3 Å². The van der Waals surface area contributed by atoms with Crippen molar-refractivity contribution in [1.29, 1.82) is 0 Å². The number of hydrogen-bond donors (Lipinski definition) is 1. The van der Waals surface area contributed by atoms with Gasteiger partial charge in [-0.2, -0.15) is 0 Å². The Balaban J connectivity index is 1.52. The van der Waals surface area contributed by atoms with E-state index in [-0.39, 0.29) is 5.91 Å². The predicted molar refractivity (Wildman–Crippen MR) is 114 cm³/mol. The molecule has 0 aliphatic carbocycles. The lowest BCUT2D eigenvalue weighted by molar-refractivity contribution is -0.127. The summed E-state index contributed by atoms with van der Waals surface area (Å²) >= 11 is 0. The molecule has 2 aromatic heterocycles. The fourth-order valence-electron chi connectivity index (χ4n) is 3.16. The first-order valence-electron chi connectivity index (χ1n) is 9.57. The van der Waals surface area contributed by atoms with Gasteiger partial charge in [-0.3, -0.25) is 9.78 Å². The monoisotopic (exact) mass is 400 g/mol. The van der Waals surface area contributed by atoms with Crippen LogP contribution in [0.15, 0.2) is 88.3 Å². The first-order valence-corrected chi connectivity index (χ1v) is 9.57. The van der Waals surface area contributed by atoms with Gasteiger partial charge in [-0.1, -0.05) is 30.3 Å². The summed E-state index contributed by atoms with van der Waals surface area (Å²) in [7, 11) is 0. The zero-order valence-electron chi connectivity index (χ0n) is 16.4. The van der Waals surface area contributed by atoms with E-state index in [1.54, 1.807) is 31.5 Å². The van der Waals surface area contributed by atoms with Crippen molar-refractivity contribution in [2.45, 2.75) is 19.6 Å². The van der Waals surface area contributed by atoms with Gasteiger partial charge in [0.1, 0.15) is 11.3 Å². The highest BCUT2D eigenvalue weighted by molar-refractivity contribution is 5.93. The molecule has 0 saturated heterocycles. The molecule has 0 fully saturated rings. The molecule has 4 aromatic rings. The third-order valence-electron chi connectivity index (χ3n) is 4.70. The highest BCUT2D eigenvalue weighted by Crippen LogP contribution is 2.29. The molecule has 2 heterocycles. The summed E-state index contributed by atoms with van der Waals surface area (Å²) in [6.45, 7) is 2.06. The van der Waals surface area contributed by atoms with Gasteiger partial charge in [-0.15, -0.1) is 0 Å². The fourth-order valence-corrected chi connectivity index (χ4v) is 3.16. The molecule has 0 spiro atoms. The molecule has 0 saturated carbocycles. The van der Waals surface area contributed by atoms with Crippen LogP contribution < -0.4 is 15.7 Å². The largest absolute Gasteiger partial charge is 0.481 e. The SMILES string of the molecule is C[C@@H](Oc1ccc2c(-c3ccccc3)cc(=O)oc2c1)C(=O)NCc1ccncc1. The molecule has 6 heteroatoms. The van der Waals surface area contributed by atoms with E-state index in [9.17, 15) is 9.59 Å². The van der Waals surface area contributed by atoms with E-state index in [2.05, 4.69) is 10.3 Å². The van der Waals surface area contributed by atoms with Gasteiger partial charge in [-0.25, -0.2) is 4.79 Å². The van der Waals surface area contributed by atoms with Crippen LogP contribution in [0, 0.1) is 0 Å². The van der Waals surface area contributed by atoms with Crippen LogP contribution in [0.2, 0.25) is 0 Å². The summed E-state index contributed by atoms with van der Waals surface area (Å²) in [5.74, 6) is 0.203. The number of rotatable bonds is 6. The number of pyridine rings is 1. The second-order valence-corrected chi connectivity index (χ2v) is 6.84. The van der Waals surface area contributed by atoms with Crippen LogP contribution in [-0.2, 0) is 11.3 Å². The van der Waals surface area contributed by atoms with Gasteiger partial charge in [0.2, 0.25) is 0 Å². The minimum absolute atomic E-state index is 0.244. The molecule has 4 rings (SSSR count). The molecule has 0 aliphatic heterocycles. The lowest BCUT2D eigenvalue weighted by atomic mass is 10.0. The zero-order valence-corrected chi connectivity index (χ0v) is 16.4. The number of nitrogens with zero attached hydrogens (tertiary/aromatic N) is 1. The molecule has 0 bridgehead atoms. The van der Waals surface area contributed by atoms with Crippen molar-refractivity contribution in [3.63, 3.8) is 0 Å². The number of hydrogen-bond acceptors (Lipinski definition) is 5. The summed E-state index contributed by atoms with van der Waals surface area (Å²) in [5.41, 5.74) is 2.63. The highest BCUT2D eigenvalue weighted by Gasteiger charge is 2.16. The minimum atomic E-state index is -0.715. The van der Waals surface area contributed by atoms with Gasteiger partial charge in [0, 0.05) is 36.5 Å². The number of fused-ring (bicyclic) bond motifs is 1. The van der Waals surface area contributed by atoms with E-state index in [0.29, 0.717) is 17.9 Å². The summed E-state index contributed by atoms with van der Waals surface area (Å²) in [4.78, 5) is 28.4. The molecule has 0 radical (unpaired) electrons. The van der Waals surface area contributed by atoms with Gasteiger partial charge in [-0.05, 0) is 47.9 Å². The third kappa shape index (κ3) is 4.38. The number of nitrogens with one attached hydrogen (secondary N) is 1. The average molecular weight is 400 g/mol. The molecule has 150 valence electrons. The van der Waals surface area contributed by atoms with Crippen LogP contribution in [0.4, 0.5) is 0 Å². The lowest BCUT2D eigenvalue weighted by Crippen LogP contribution is -2.35. The van der Waals surface area contributed by atoms with E-state index in [4.69, 9.17) is 9.15 Å². The third-order valence-corrected chi connectivity index (χ3v) is 4.70. The van der Waals surface area contributed by atoms with Crippen molar-refractivity contribution in [2.24, 2.45) is 0 Å². The molecular formula is C24H20N2O4. The summed E-state index contributed by atoms with van der Waals surface area (Å²) in [6, 6.07) is 20.0. The fraction of sp³-hybridized carbons (Fsp3) is 0.125. The van der Waals surface area contributed by atoms with Crippen molar-refractivity contribution in [3.05, 3.63) is 95.1 Å². The Morgan fingerprint density at radius 1 is 1.07 bits per heavy atom. The van der Waals surface area contributed by atoms with Crippen molar-refractivity contribution in [2.75, 3.05) is 0 Å². The number of benzene rings is 2. The highest BCUT2D eigenvalue weighted by atomic mass is 16.5.